The summed E-state index contributed by atoms with van der Waals surface area (Å²) in [5, 5.41) is 0.688. The summed E-state index contributed by atoms with van der Waals surface area (Å²) in [6.45, 7) is 0. The molecule has 0 N–H and O–H groups in total. The molecule has 3 aromatic rings. The molecule has 3 nitrogen and oxygen atoms in total. The van der Waals surface area contributed by atoms with E-state index in [0.29, 0.717) is 5.02 Å². The molecule has 0 aliphatic rings. The van der Waals surface area contributed by atoms with Gasteiger partial charge in [0, 0.05) is 5.56 Å². The van der Waals surface area contributed by atoms with E-state index in [1.54, 1.807) is 7.11 Å². The van der Waals surface area contributed by atoms with Crippen molar-refractivity contribution >= 4 is 17.1 Å². The predicted molar refractivity (Wildman–Crippen MR) is 72.2 cm³/mol. The van der Waals surface area contributed by atoms with Crippen molar-refractivity contribution in [2.45, 2.75) is 0 Å². The van der Waals surface area contributed by atoms with Crippen molar-refractivity contribution in [2.75, 3.05) is 7.11 Å². The van der Waals surface area contributed by atoms with E-state index >= 15 is 0 Å². The Bertz CT molecular complexity index is 706. The minimum absolute atomic E-state index is 0.688. The second kappa shape index (κ2) is 4.35. The highest BCUT2D eigenvalue weighted by Gasteiger charge is 2.09. The van der Waals surface area contributed by atoms with Crippen LogP contribution in [0.15, 0.2) is 48.8 Å². The average Bonchev–Trinajstić information content (AvgIpc) is 2.82. The Morgan fingerprint density at radius 1 is 1.17 bits per heavy atom. The van der Waals surface area contributed by atoms with E-state index in [4.69, 9.17) is 16.3 Å². The lowest BCUT2D eigenvalue weighted by atomic mass is 10.2. The van der Waals surface area contributed by atoms with Crippen LogP contribution in [-0.2, 0) is 0 Å². The molecule has 0 bridgehead atoms. The first kappa shape index (κ1) is 11.1. The van der Waals surface area contributed by atoms with E-state index in [1.165, 1.54) is 0 Å². The minimum atomic E-state index is 0.688. The van der Waals surface area contributed by atoms with Crippen LogP contribution in [0.2, 0.25) is 5.02 Å². The third kappa shape index (κ3) is 1.73. The van der Waals surface area contributed by atoms with Crippen molar-refractivity contribution in [1.29, 1.82) is 0 Å². The van der Waals surface area contributed by atoms with Crippen LogP contribution in [0.5, 0.6) is 5.75 Å². The summed E-state index contributed by atoms with van der Waals surface area (Å²) in [5.74, 6) is 1.60. The highest BCUT2D eigenvalue weighted by Crippen LogP contribution is 2.28. The summed E-state index contributed by atoms with van der Waals surface area (Å²) >= 11 is 6.21. The topological polar surface area (TPSA) is 26.5 Å². The lowest BCUT2D eigenvalue weighted by molar-refractivity contribution is 0.412. The first-order valence-electron chi connectivity index (χ1n) is 5.55. The SMILES string of the molecule is COc1ccc2cnc(-c3ccccc3Cl)n2c1. The zero-order valence-corrected chi connectivity index (χ0v) is 10.6. The number of methoxy groups -OCH3 is 1. The molecule has 4 heteroatoms. The van der Waals surface area contributed by atoms with E-state index in [2.05, 4.69) is 4.98 Å². The molecule has 0 spiro atoms. The summed E-state index contributed by atoms with van der Waals surface area (Å²) in [6.07, 6.45) is 3.72. The van der Waals surface area contributed by atoms with E-state index in [1.807, 2.05) is 53.2 Å². The molecule has 3 rings (SSSR count). The van der Waals surface area contributed by atoms with Gasteiger partial charge in [-0.3, -0.25) is 4.40 Å². The van der Waals surface area contributed by atoms with Gasteiger partial charge in [0.1, 0.15) is 11.6 Å². The van der Waals surface area contributed by atoms with Crippen LogP contribution in [0.3, 0.4) is 0 Å². The summed E-state index contributed by atoms with van der Waals surface area (Å²) in [6, 6.07) is 11.5. The lowest BCUT2D eigenvalue weighted by Crippen LogP contribution is -1.92. The molecular weight excluding hydrogens is 248 g/mol. The summed E-state index contributed by atoms with van der Waals surface area (Å²) in [5.41, 5.74) is 1.91. The number of hydrogen-bond donors (Lipinski definition) is 0. The van der Waals surface area contributed by atoms with E-state index in [0.717, 1.165) is 22.7 Å². The van der Waals surface area contributed by atoms with Crippen molar-refractivity contribution in [1.82, 2.24) is 9.38 Å². The Labute approximate surface area is 110 Å². The molecule has 2 aromatic heterocycles. The molecule has 0 saturated heterocycles. The van der Waals surface area contributed by atoms with Gasteiger partial charge in [0.05, 0.1) is 30.0 Å². The molecule has 0 unspecified atom stereocenters. The number of rotatable bonds is 2. The number of benzene rings is 1. The van der Waals surface area contributed by atoms with Gasteiger partial charge in [0.15, 0.2) is 0 Å². The maximum Gasteiger partial charge on any atom is 0.146 e. The van der Waals surface area contributed by atoms with Crippen molar-refractivity contribution in [2.24, 2.45) is 0 Å². The smallest absolute Gasteiger partial charge is 0.146 e. The molecule has 0 amide bonds. The van der Waals surface area contributed by atoms with Gasteiger partial charge in [-0.25, -0.2) is 4.98 Å². The average molecular weight is 259 g/mol. The molecule has 0 aliphatic carbocycles. The number of imidazole rings is 1. The van der Waals surface area contributed by atoms with Gasteiger partial charge in [-0.05, 0) is 24.3 Å². The lowest BCUT2D eigenvalue weighted by Gasteiger charge is -2.05. The Kier molecular flexibility index (Phi) is 2.68. The summed E-state index contributed by atoms with van der Waals surface area (Å²) in [7, 11) is 1.65. The quantitative estimate of drug-likeness (QED) is 0.701. The monoisotopic (exact) mass is 258 g/mol. The van der Waals surface area contributed by atoms with E-state index < -0.39 is 0 Å². The highest BCUT2D eigenvalue weighted by molar-refractivity contribution is 6.33. The van der Waals surface area contributed by atoms with Gasteiger partial charge < -0.3 is 4.74 Å². The zero-order chi connectivity index (χ0) is 12.5. The molecule has 2 heterocycles. The van der Waals surface area contributed by atoms with Crippen molar-refractivity contribution in [3.8, 4) is 17.1 Å². The van der Waals surface area contributed by atoms with Crippen molar-refractivity contribution in [3.05, 3.63) is 53.8 Å². The molecule has 0 atom stereocenters. The largest absolute Gasteiger partial charge is 0.495 e. The van der Waals surface area contributed by atoms with Crippen LogP contribution in [0, 0.1) is 0 Å². The van der Waals surface area contributed by atoms with E-state index in [-0.39, 0.29) is 0 Å². The fourth-order valence-electron chi connectivity index (χ4n) is 1.93. The number of ether oxygens (including phenoxy) is 1. The Balaban J connectivity index is 2.26. The van der Waals surface area contributed by atoms with Crippen molar-refractivity contribution < 1.29 is 4.74 Å². The molecule has 90 valence electrons. The van der Waals surface area contributed by atoms with Gasteiger partial charge >= 0.3 is 0 Å². The molecule has 0 aliphatic heterocycles. The first-order valence-corrected chi connectivity index (χ1v) is 5.93. The molecule has 0 radical (unpaired) electrons. The third-order valence-corrected chi connectivity index (χ3v) is 3.18. The summed E-state index contributed by atoms with van der Waals surface area (Å²) < 4.78 is 7.20. The van der Waals surface area contributed by atoms with Crippen LogP contribution in [0.4, 0.5) is 0 Å². The molecule has 0 saturated carbocycles. The number of hydrogen-bond acceptors (Lipinski definition) is 2. The number of halogens is 1. The second-order valence-electron chi connectivity index (χ2n) is 3.93. The van der Waals surface area contributed by atoms with Gasteiger partial charge in [0.2, 0.25) is 0 Å². The summed E-state index contributed by atoms with van der Waals surface area (Å²) in [4.78, 5) is 4.42. The number of pyridine rings is 1. The number of aromatic nitrogens is 2. The van der Waals surface area contributed by atoms with Gasteiger partial charge in [-0.2, -0.15) is 0 Å². The van der Waals surface area contributed by atoms with Crippen LogP contribution in [0.25, 0.3) is 16.9 Å². The Hall–Kier alpha value is -2.00. The molecule has 18 heavy (non-hydrogen) atoms. The van der Waals surface area contributed by atoms with E-state index in [9.17, 15) is 0 Å². The Morgan fingerprint density at radius 2 is 2.00 bits per heavy atom. The number of nitrogens with zero attached hydrogens (tertiary/aromatic N) is 2. The predicted octanol–water partition coefficient (Wildman–Crippen LogP) is 3.66. The maximum absolute atomic E-state index is 6.21. The normalized spacial score (nSPS) is 10.8. The molecule has 0 fully saturated rings. The molecular formula is C14H11ClN2O. The van der Waals surface area contributed by atoms with Gasteiger partial charge in [-0.15, -0.1) is 0 Å². The van der Waals surface area contributed by atoms with Gasteiger partial charge in [0.25, 0.3) is 0 Å². The van der Waals surface area contributed by atoms with Crippen LogP contribution >= 0.6 is 11.6 Å². The third-order valence-electron chi connectivity index (χ3n) is 2.85. The van der Waals surface area contributed by atoms with Crippen LogP contribution in [-0.4, -0.2) is 16.5 Å². The fraction of sp³-hybridized carbons (Fsp3) is 0.0714. The fourth-order valence-corrected chi connectivity index (χ4v) is 2.15. The minimum Gasteiger partial charge on any atom is -0.495 e. The van der Waals surface area contributed by atoms with Crippen molar-refractivity contribution in [3.63, 3.8) is 0 Å². The maximum atomic E-state index is 6.21. The van der Waals surface area contributed by atoms with Crippen LogP contribution < -0.4 is 4.74 Å². The Morgan fingerprint density at radius 3 is 2.78 bits per heavy atom. The first-order chi connectivity index (χ1) is 8.79. The number of fused-ring (bicyclic) bond motifs is 1. The second-order valence-corrected chi connectivity index (χ2v) is 4.33. The van der Waals surface area contributed by atoms with Gasteiger partial charge in [-0.1, -0.05) is 23.7 Å². The standard InChI is InChI=1S/C14H11ClN2O/c1-18-11-7-6-10-8-16-14(17(10)9-11)12-4-2-3-5-13(12)15/h2-9H,1H3. The highest BCUT2D eigenvalue weighted by atomic mass is 35.5. The van der Waals surface area contributed by atoms with Crippen LogP contribution in [0.1, 0.15) is 0 Å². The zero-order valence-electron chi connectivity index (χ0n) is 9.80. The molecule has 1 aromatic carbocycles.